The molecule has 0 aliphatic heterocycles. The van der Waals surface area contributed by atoms with Gasteiger partial charge in [0.2, 0.25) is 0 Å². The van der Waals surface area contributed by atoms with Crippen molar-refractivity contribution in [2.75, 3.05) is 5.73 Å². The molecule has 6 heteroatoms. The molecule has 0 spiro atoms. The maximum Gasteiger partial charge on any atom is 0.263 e. The molecule has 0 bridgehead atoms. The monoisotopic (exact) mass is 267 g/mol. The lowest BCUT2D eigenvalue weighted by molar-refractivity contribution is 0.423. The Hall–Kier alpha value is -1.56. The Morgan fingerprint density at radius 2 is 2.22 bits per heavy atom. The Morgan fingerprint density at radius 1 is 1.44 bits per heavy atom. The standard InChI is InChI=1S/C12H14FN3OS/c1-7(2)18-6-10-15-12(17-16-10)11-8(13)4-3-5-9(11)14/h3-5,7H,6,14H2,1-2H3. The average molecular weight is 267 g/mol. The van der Waals surface area contributed by atoms with Gasteiger partial charge in [0.05, 0.1) is 11.3 Å². The van der Waals surface area contributed by atoms with Gasteiger partial charge in [0.1, 0.15) is 5.82 Å². The van der Waals surface area contributed by atoms with Crippen LogP contribution in [0.15, 0.2) is 22.7 Å². The number of hydrogen-bond donors (Lipinski definition) is 1. The third-order valence-corrected chi connectivity index (χ3v) is 3.37. The van der Waals surface area contributed by atoms with Gasteiger partial charge in [-0.15, -0.1) is 0 Å². The SMILES string of the molecule is CC(C)SCc1noc(-c2c(N)cccc2F)n1. The summed E-state index contributed by atoms with van der Waals surface area (Å²) in [6, 6.07) is 4.46. The van der Waals surface area contributed by atoms with Crippen LogP contribution in [0.2, 0.25) is 0 Å². The highest BCUT2D eigenvalue weighted by atomic mass is 32.2. The van der Waals surface area contributed by atoms with Gasteiger partial charge in [-0.2, -0.15) is 16.7 Å². The van der Waals surface area contributed by atoms with Crippen LogP contribution in [-0.2, 0) is 5.75 Å². The third-order valence-electron chi connectivity index (χ3n) is 2.27. The molecule has 0 saturated carbocycles. The van der Waals surface area contributed by atoms with Gasteiger partial charge < -0.3 is 10.3 Å². The van der Waals surface area contributed by atoms with Crippen molar-refractivity contribution in [2.45, 2.75) is 24.9 Å². The fraction of sp³-hybridized carbons (Fsp3) is 0.333. The molecule has 1 aromatic heterocycles. The molecular formula is C12H14FN3OS. The number of nitrogens with two attached hydrogens (primary N) is 1. The van der Waals surface area contributed by atoms with E-state index in [1.54, 1.807) is 23.9 Å². The summed E-state index contributed by atoms with van der Waals surface area (Å²) in [5.41, 5.74) is 6.18. The number of thioether (sulfide) groups is 1. The minimum atomic E-state index is -0.457. The van der Waals surface area contributed by atoms with Gasteiger partial charge in [-0.25, -0.2) is 4.39 Å². The maximum absolute atomic E-state index is 13.6. The Bertz CT molecular complexity index is 522. The average Bonchev–Trinajstić information content (AvgIpc) is 2.75. The molecule has 0 atom stereocenters. The zero-order valence-corrected chi connectivity index (χ0v) is 11.0. The summed E-state index contributed by atoms with van der Waals surface area (Å²) in [7, 11) is 0. The second-order valence-electron chi connectivity index (χ2n) is 4.08. The highest BCUT2D eigenvalue weighted by molar-refractivity contribution is 7.99. The highest BCUT2D eigenvalue weighted by Gasteiger charge is 2.16. The van der Waals surface area contributed by atoms with Crippen molar-refractivity contribution in [1.29, 1.82) is 0 Å². The smallest absolute Gasteiger partial charge is 0.263 e. The molecule has 1 aromatic carbocycles. The third kappa shape index (κ3) is 2.81. The first-order chi connectivity index (χ1) is 8.58. The number of nitrogens with zero attached hydrogens (tertiary/aromatic N) is 2. The van der Waals surface area contributed by atoms with E-state index in [2.05, 4.69) is 24.0 Å². The van der Waals surface area contributed by atoms with Crippen LogP contribution in [-0.4, -0.2) is 15.4 Å². The Balaban J connectivity index is 2.24. The first-order valence-corrected chi connectivity index (χ1v) is 6.61. The second-order valence-corrected chi connectivity index (χ2v) is 5.64. The van der Waals surface area contributed by atoms with Crippen molar-refractivity contribution >= 4 is 17.4 Å². The van der Waals surface area contributed by atoms with Crippen molar-refractivity contribution in [3.8, 4) is 11.5 Å². The van der Waals surface area contributed by atoms with Gasteiger partial charge >= 0.3 is 0 Å². The molecule has 0 radical (unpaired) electrons. The molecule has 2 aromatic rings. The van der Waals surface area contributed by atoms with Crippen LogP contribution in [0.5, 0.6) is 0 Å². The molecule has 2 rings (SSSR count). The number of anilines is 1. The first-order valence-electron chi connectivity index (χ1n) is 5.56. The van der Waals surface area contributed by atoms with E-state index in [9.17, 15) is 4.39 Å². The fourth-order valence-electron chi connectivity index (χ4n) is 1.42. The van der Waals surface area contributed by atoms with Crippen molar-refractivity contribution in [3.05, 3.63) is 29.8 Å². The Kier molecular flexibility index (Phi) is 3.86. The van der Waals surface area contributed by atoms with E-state index in [0.717, 1.165) is 0 Å². The van der Waals surface area contributed by atoms with E-state index in [-0.39, 0.29) is 11.5 Å². The second kappa shape index (κ2) is 5.39. The fourth-order valence-corrected chi connectivity index (χ4v) is 2.02. The highest BCUT2D eigenvalue weighted by Crippen LogP contribution is 2.27. The summed E-state index contributed by atoms with van der Waals surface area (Å²) in [6.07, 6.45) is 0. The summed E-state index contributed by atoms with van der Waals surface area (Å²) >= 11 is 1.69. The van der Waals surface area contributed by atoms with Crippen LogP contribution in [0.25, 0.3) is 11.5 Å². The summed E-state index contributed by atoms with van der Waals surface area (Å²) in [5.74, 6) is 0.855. The van der Waals surface area contributed by atoms with Crippen LogP contribution >= 0.6 is 11.8 Å². The number of halogens is 1. The lowest BCUT2D eigenvalue weighted by Gasteiger charge is -2.01. The molecule has 0 aliphatic carbocycles. The number of nitrogen functional groups attached to an aromatic ring is 1. The lowest BCUT2D eigenvalue weighted by Crippen LogP contribution is -1.94. The van der Waals surface area contributed by atoms with E-state index < -0.39 is 5.82 Å². The zero-order chi connectivity index (χ0) is 13.1. The minimum absolute atomic E-state index is 0.130. The molecule has 0 saturated heterocycles. The van der Waals surface area contributed by atoms with Crippen molar-refractivity contribution in [3.63, 3.8) is 0 Å². The van der Waals surface area contributed by atoms with E-state index in [4.69, 9.17) is 10.3 Å². The predicted molar refractivity (Wildman–Crippen MR) is 70.5 cm³/mol. The van der Waals surface area contributed by atoms with E-state index in [1.165, 1.54) is 6.07 Å². The molecule has 4 nitrogen and oxygen atoms in total. The van der Waals surface area contributed by atoms with Crippen LogP contribution in [0, 0.1) is 5.82 Å². The molecule has 0 unspecified atom stereocenters. The quantitative estimate of drug-likeness (QED) is 0.862. The zero-order valence-electron chi connectivity index (χ0n) is 10.2. The van der Waals surface area contributed by atoms with Gasteiger partial charge in [-0.05, 0) is 17.4 Å². The molecule has 0 amide bonds. The number of hydrogen-bond acceptors (Lipinski definition) is 5. The van der Waals surface area contributed by atoms with Crippen LogP contribution in [0.4, 0.5) is 10.1 Å². The topological polar surface area (TPSA) is 64.9 Å². The van der Waals surface area contributed by atoms with E-state index >= 15 is 0 Å². The number of rotatable bonds is 4. The van der Waals surface area contributed by atoms with Crippen LogP contribution < -0.4 is 5.73 Å². The van der Waals surface area contributed by atoms with Crippen molar-refractivity contribution < 1.29 is 8.91 Å². The molecule has 0 fully saturated rings. The lowest BCUT2D eigenvalue weighted by atomic mass is 10.1. The minimum Gasteiger partial charge on any atom is -0.398 e. The number of aromatic nitrogens is 2. The van der Waals surface area contributed by atoms with Gasteiger partial charge in [0.15, 0.2) is 5.82 Å². The van der Waals surface area contributed by atoms with E-state index in [0.29, 0.717) is 22.5 Å². The molecule has 96 valence electrons. The molecule has 1 heterocycles. The summed E-state index contributed by atoms with van der Waals surface area (Å²) in [4.78, 5) is 4.16. The molecule has 18 heavy (non-hydrogen) atoms. The largest absolute Gasteiger partial charge is 0.398 e. The van der Waals surface area contributed by atoms with Gasteiger partial charge in [-0.1, -0.05) is 25.1 Å². The van der Waals surface area contributed by atoms with Gasteiger partial charge in [0.25, 0.3) is 5.89 Å². The molecule has 0 aliphatic rings. The maximum atomic E-state index is 13.6. The predicted octanol–water partition coefficient (Wildman–Crippen LogP) is 3.10. The van der Waals surface area contributed by atoms with Gasteiger partial charge in [0, 0.05) is 5.69 Å². The Morgan fingerprint density at radius 3 is 2.89 bits per heavy atom. The normalized spacial score (nSPS) is 11.1. The van der Waals surface area contributed by atoms with Crippen LogP contribution in [0.3, 0.4) is 0 Å². The summed E-state index contributed by atoms with van der Waals surface area (Å²) in [5, 5.41) is 4.29. The number of benzene rings is 1. The molecule has 2 N–H and O–H groups in total. The van der Waals surface area contributed by atoms with E-state index in [1.807, 2.05) is 0 Å². The summed E-state index contributed by atoms with van der Waals surface area (Å²) in [6.45, 7) is 4.17. The molecular weight excluding hydrogens is 253 g/mol. The van der Waals surface area contributed by atoms with Crippen molar-refractivity contribution in [1.82, 2.24) is 10.1 Å². The van der Waals surface area contributed by atoms with Gasteiger partial charge in [-0.3, -0.25) is 0 Å². The Labute approximate surface area is 109 Å². The van der Waals surface area contributed by atoms with Crippen molar-refractivity contribution in [2.24, 2.45) is 0 Å². The summed E-state index contributed by atoms with van der Waals surface area (Å²) < 4.78 is 18.7. The van der Waals surface area contributed by atoms with Crippen LogP contribution in [0.1, 0.15) is 19.7 Å². The first kappa shape index (κ1) is 12.9.